The summed E-state index contributed by atoms with van der Waals surface area (Å²) in [5.74, 6) is 0. The zero-order valence-corrected chi connectivity index (χ0v) is 16.9. The van der Waals surface area contributed by atoms with Gasteiger partial charge in [0.15, 0.2) is 0 Å². The number of allylic oxidation sites excluding steroid dienone is 2. The monoisotopic (exact) mass is 354 g/mol. The van der Waals surface area contributed by atoms with Gasteiger partial charge in [-0.3, -0.25) is 0 Å². The molecule has 3 aromatic rings. The molecule has 0 amide bonds. The van der Waals surface area contributed by atoms with Gasteiger partial charge in [-0.05, 0) is 59.4 Å². The number of hydrogen-bond acceptors (Lipinski definition) is 0. The van der Waals surface area contributed by atoms with Crippen LogP contribution in [0.5, 0.6) is 0 Å². The Kier molecular flexibility index (Phi) is 6.29. The Hall–Kier alpha value is -2.60. The minimum absolute atomic E-state index is 1.05. The predicted octanol–water partition coefficient (Wildman–Crippen LogP) is 8.05. The third kappa shape index (κ3) is 4.77. The van der Waals surface area contributed by atoms with Gasteiger partial charge in [-0.2, -0.15) is 0 Å². The number of aryl methyl sites for hydroxylation is 3. The van der Waals surface area contributed by atoms with Gasteiger partial charge in [-0.15, -0.1) is 0 Å². The van der Waals surface area contributed by atoms with Crippen LogP contribution in [0, 0.1) is 20.8 Å². The molecule has 1 saturated carbocycles. The van der Waals surface area contributed by atoms with E-state index in [0.717, 1.165) is 5.57 Å². The predicted molar refractivity (Wildman–Crippen MR) is 121 cm³/mol. The quantitative estimate of drug-likeness (QED) is 0.417. The number of fused-ring (bicyclic) bond motifs is 1. The SMILES string of the molecule is C1CCC1.C=C(/C=C\c1c(C)ccc2cc(C)ccc12)c1ccccc1C. The first-order chi connectivity index (χ1) is 13.1. The van der Waals surface area contributed by atoms with Gasteiger partial charge in [0.05, 0.1) is 0 Å². The van der Waals surface area contributed by atoms with Gasteiger partial charge >= 0.3 is 0 Å². The summed E-state index contributed by atoms with van der Waals surface area (Å²) in [6, 6.07) is 19.4. The molecule has 1 aliphatic rings. The van der Waals surface area contributed by atoms with Gasteiger partial charge in [0.1, 0.15) is 0 Å². The zero-order valence-electron chi connectivity index (χ0n) is 16.9. The molecule has 0 aromatic heterocycles. The highest BCUT2D eigenvalue weighted by Crippen LogP contribution is 2.26. The summed E-state index contributed by atoms with van der Waals surface area (Å²) < 4.78 is 0. The van der Waals surface area contributed by atoms with E-state index in [2.05, 4.69) is 94.1 Å². The average molecular weight is 355 g/mol. The van der Waals surface area contributed by atoms with E-state index in [9.17, 15) is 0 Å². The highest BCUT2D eigenvalue weighted by molar-refractivity contribution is 5.94. The van der Waals surface area contributed by atoms with Crippen molar-refractivity contribution in [2.24, 2.45) is 0 Å². The highest BCUT2D eigenvalue weighted by atomic mass is 14.1. The molecule has 0 saturated heterocycles. The molecule has 3 aromatic carbocycles. The molecule has 0 bridgehead atoms. The Bertz CT molecular complexity index is 964. The van der Waals surface area contributed by atoms with E-state index in [1.807, 2.05) is 0 Å². The normalized spacial score (nSPS) is 13.1. The van der Waals surface area contributed by atoms with Crippen molar-refractivity contribution in [2.45, 2.75) is 46.5 Å². The zero-order chi connectivity index (χ0) is 19.2. The molecule has 138 valence electrons. The molecule has 4 rings (SSSR count). The van der Waals surface area contributed by atoms with Gasteiger partial charge in [0, 0.05) is 0 Å². The molecule has 0 spiro atoms. The number of rotatable bonds is 3. The third-order valence-corrected chi connectivity index (χ3v) is 5.38. The maximum atomic E-state index is 4.24. The fraction of sp³-hybridized carbons (Fsp3) is 0.259. The van der Waals surface area contributed by atoms with Gasteiger partial charge in [0.2, 0.25) is 0 Å². The number of benzene rings is 3. The lowest BCUT2D eigenvalue weighted by molar-refractivity contribution is 0.504. The largest absolute Gasteiger partial charge is 0.0911 e. The number of hydrogen-bond donors (Lipinski definition) is 0. The average Bonchev–Trinajstić information content (AvgIpc) is 2.59. The molecule has 0 unspecified atom stereocenters. The summed E-state index contributed by atoms with van der Waals surface area (Å²) >= 11 is 0. The molecule has 0 atom stereocenters. The van der Waals surface area contributed by atoms with E-state index in [1.165, 1.54) is 64.3 Å². The van der Waals surface area contributed by atoms with Crippen molar-refractivity contribution in [3.05, 3.63) is 95.1 Å². The van der Waals surface area contributed by atoms with Gasteiger partial charge in [-0.1, -0.05) is 105 Å². The molecular weight excluding hydrogens is 324 g/mol. The summed E-state index contributed by atoms with van der Waals surface area (Å²) in [5, 5.41) is 2.58. The van der Waals surface area contributed by atoms with E-state index < -0.39 is 0 Å². The van der Waals surface area contributed by atoms with Crippen LogP contribution < -0.4 is 0 Å². The van der Waals surface area contributed by atoms with Crippen molar-refractivity contribution in [2.75, 3.05) is 0 Å². The summed E-state index contributed by atoms with van der Waals surface area (Å²) in [4.78, 5) is 0. The molecule has 1 fully saturated rings. The molecule has 0 aliphatic heterocycles. The van der Waals surface area contributed by atoms with Crippen LogP contribution in [0.25, 0.3) is 22.4 Å². The Balaban J connectivity index is 0.000000466. The lowest BCUT2D eigenvalue weighted by Crippen LogP contribution is -1.87. The second kappa shape index (κ2) is 8.86. The smallest absolute Gasteiger partial charge is 0.0109 e. The molecule has 0 heterocycles. The van der Waals surface area contributed by atoms with Crippen molar-refractivity contribution < 1.29 is 0 Å². The summed E-state index contributed by atoms with van der Waals surface area (Å²) in [7, 11) is 0. The Morgan fingerprint density at radius 2 is 1.52 bits per heavy atom. The van der Waals surface area contributed by atoms with E-state index in [4.69, 9.17) is 0 Å². The Morgan fingerprint density at radius 1 is 0.815 bits per heavy atom. The third-order valence-electron chi connectivity index (χ3n) is 5.38. The summed E-state index contributed by atoms with van der Waals surface area (Å²) in [5.41, 5.74) is 7.37. The first kappa shape index (κ1) is 19.2. The minimum atomic E-state index is 1.05. The summed E-state index contributed by atoms with van der Waals surface area (Å²) in [6.45, 7) is 10.7. The Morgan fingerprint density at radius 3 is 2.19 bits per heavy atom. The fourth-order valence-electron chi connectivity index (χ4n) is 3.26. The van der Waals surface area contributed by atoms with Gasteiger partial charge in [-0.25, -0.2) is 0 Å². The van der Waals surface area contributed by atoms with Crippen LogP contribution in [0.2, 0.25) is 0 Å². The lowest BCUT2D eigenvalue weighted by Gasteiger charge is -2.09. The van der Waals surface area contributed by atoms with Crippen LogP contribution in [0.3, 0.4) is 0 Å². The van der Waals surface area contributed by atoms with Crippen molar-refractivity contribution in [1.82, 2.24) is 0 Å². The van der Waals surface area contributed by atoms with Gasteiger partial charge < -0.3 is 0 Å². The molecule has 0 heteroatoms. The molecule has 0 radical (unpaired) electrons. The molecular formula is C27H30. The van der Waals surface area contributed by atoms with Crippen LogP contribution >= 0.6 is 0 Å². The van der Waals surface area contributed by atoms with Crippen molar-refractivity contribution in [1.29, 1.82) is 0 Å². The standard InChI is InChI=1S/C23H22.C4H8/c1-16-9-13-23-20(15-16)12-10-19(4)22(23)14-11-18(3)21-8-6-5-7-17(21)2;1-2-4-3-1/h5-15H,3H2,1-2,4H3;1-4H2/b14-11-;. The van der Waals surface area contributed by atoms with Crippen molar-refractivity contribution >= 4 is 22.4 Å². The van der Waals surface area contributed by atoms with E-state index >= 15 is 0 Å². The van der Waals surface area contributed by atoms with E-state index in [-0.39, 0.29) is 0 Å². The lowest BCUT2D eigenvalue weighted by atomic mass is 9.96. The first-order valence-electron chi connectivity index (χ1n) is 9.99. The van der Waals surface area contributed by atoms with E-state index in [0.29, 0.717) is 0 Å². The maximum Gasteiger partial charge on any atom is -0.0109 e. The molecule has 0 nitrogen and oxygen atoms in total. The molecule has 1 aliphatic carbocycles. The Labute approximate surface area is 164 Å². The molecule has 0 N–H and O–H groups in total. The van der Waals surface area contributed by atoms with Gasteiger partial charge in [0.25, 0.3) is 0 Å². The van der Waals surface area contributed by atoms with Crippen LogP contribution in [-0.2, 0) is 0 Å². The fourth-order valence-corrected chi connectivity index (χ4v) is 3.26. The maximum absolute atomic E-state index is 4.24. The van der Waals surface area contributed by atoms with Crippen molar-refractivity contribution in [3.8, 4) is 0 Å². The second-order valence-electron chi connectivity index (χ2n) is 7.61. The van der Waals surface area contributed by atoms with Crippen LogP contribution in [0.4, 0.5) is 0 Å². The van der Waals surface area contributed by atoms with Crippen molar-refractivity contribution in [3.63, 3.8) is 0 Å². The summed E-state index contributed by atoms with van der Waals surface area (Å²) in [6.07, 6.45) is 10.3. The second-order valence-corrected chi connectivity index (χ2v) is 7.61. The van der Waals surface area contributed by atoms with Crippen LogP contribution in [0.15, 0.2) is 67.3 Å². The molecule has 27 heavy (non-hydrogen) atoms. The van der Waals surface area contributed by atoms with Crippen LogP contribution in [-0.4, -0.2) is 0 Å². The minimum Gasteiger partial charge on any atom is -0.0911 e. The van der Waals surface area contributed by atoms with E-state index in [1.54, 1.807) is 0 Å². The highest BCUT2D eigenvalue weighted by Gasteiger charge is 2.04. The first-order valence-corrected chi connectivity index (χ1v) is 9.99. The topological polar surface area (TPSA) is 0 Å². The van der Waals surface area contributed by atoms with Crippen LogP contribution in [0.1, 0.15) is 53.5 Å².